The molecule has 0 aliphatic heterocycles. The van der Waals surface area contributed by atoms with Gasteiger partial charge in [-0.3, -0.25) is 4.79 Å². The van der Waals surface area contributed by atoms with Crippen LogP contribution >= 0.6 is 0 Å². The number of ketones is 1. The number of esters is 1. The third kappa shape index (κ3) is 4.05. The SMILES string of the molecule is COC(=O)/C(=C/N(C)C)C(=O)Cc1ccccc1. The van der Waals surface area contributed by atoms with Gasteiger partial charge in [-0.25, -0.2) is 4.79 Å². The number of carbonyl (C=O) groups is 2. The van der Waals surface area contributed by atoms with Gasteiger partial charge in [0, 0.05) is 26.7 Å². The lowest BCUT2D eigenvalue weighted by atomic mass is 10.0. The number of carbonyl (C=O) groups excluding carboxylic acids is 2. The maximum atomic E-state index is 12.1. The monoisotopic (exact) mass is 247 g/mol. The van der Waals surface area contributed by atoms with Crippen LogP contribution in [0.25, 0.3) is 0 Å². The highest BCUT2D eigenvalue weighted by atomic mass is 16.5. The molecule has 96 valence electrons. The second-order valence-corrected chi connectivity index (χ2v) is 4.08. The van der Waals surface area contributed by atoms with Gasteiger partial charge in [-0.2, -0.15) is 0 Å². The van der Waals surface area contributed by atoms with Crippen molar-refractivity contribution in [3.8, 4) is 0 Å². The van der Waals surface area contributed by atoms with Crippen molar-refractivity contribution in [1.82, 2.24) is 4.90 Å². The molecule has 1 rings (SSSR count). The van der Waals surface area contributed by atoms with Crippen LogP contribution in [-0.4, -0.2) is 37.9 Å². The number of ether oxygens (including phenoxy) is 1. The van der Waals surface area contributed by atoms with E-state index in [0.717, 1.165) is 5.56 Å². The van der Waals surface area contributed by atoms with Crippen molar-refractivity contribution in [3.05, 3.63) is 47.7 Å². The van der Waals surface area contributed by atoms with Gasteiger partial charge in [-0.15, -0.1) is 0 Å². The van der Waals surface area contributed by atoms with Crippen molar-refractivity contribution in [2.24, 2.45) is 0 Å². The summed E-state index contributed by atoms with van der Waals surface area (Å²) in [5.41, 5.74) is 0.933. The second kappa shape index (κ2) is 6.59. The van der Waals surface area contributed by atoms with Crippen LogP contribution in [0, 0.1) is 0 Å². The predicted octanol–water partition coefficient (Wildman–Crippen LogP) is 1.42. The molecule has 0 atom stereocenters. The van der Waals surface area contributed by atoms with Gasteiger partial charge in [0.05, 0.1) is 7.11 Å². The van der Waals surface area contributed by atoms with E-state index in [0.29, 0.717) is 0 Å². The van der Waals surface area contributed by atoms with Gasteiger partial charge in [0.2, 0.25) is 0 Å². The molecule has 0 aliphatic rings. The second-order valence-electron chi connectivity index (χ2n) is 4.08. The number of rotatable bonds is 5. The van der Waals surface area contributed by atoms with Crippen LogP contribution in [0.4, 0.5) is 0 Å². The zero-order valence-corrected chi connectivity index (χ0v) is 10.8. The van der Waals surface area contributed by atoms with Crippen LogP contribution in [0.2, 0.25) is 0 Å². The normalized spacial score (nSPS) is 10.9. The van der Waals surface area contributed by atoms with Gasteiger partial charge in [-0.05, 0) is 5.56 Å². The minimum atomic E-state index is -0.607. The third-order valence-electron chi connectivity index (χ3n) is 2.30. The Morgan fingerprint density at radius 3 is 2.33 bits per heavy atom. The highest BCUT2D eigenvalue weighted by Gasteiger charge is 2.19. The Morgan fingerprint density at radius 1 is 1.22 bits per heavy atom. The number of hydrogen-bond acceptors (Lipinski definition) is 4. The summed E-state index contributed by atoms with van der Waals surface area (Å²) in [5.74, 6) is -0.855. The molecule has 0 bridgehead atoms. The summed E-state index contributed by atoms with van der Waals surface area (Å²) in [7, 11) is 4.76. The van der Waals surface area contributed by atoms with Gasteiger partial charge in [0.15, 0.2) is 5.78 Å². The molecular weight excluding hydrogens is 230 g/mol. The lowest BCUT2D eigenvalue weighted by Gasteiger charge is -2.09. The van der Waals surface area contributed by atoms with Gasteiger partial charge >= 0.3 is 5.97 Å². The van der Waals surface area contributed by atoms with Gasteiger partial charge < -0.3 is 9.64 Å². The highest BCUT2D eigenvalue weighted by Crippen LogP contribution is 2.08. The maximum absolute atomic E-state index is 12.1. The van der Waals surface area contributed by atoms with Crippen molar-refractivity contribution in [1.29, 1.82) is 0 Å². The molecule has 18 heavy (non-hydrogen) atoms. The third-order valence-corrected chi connectivity index (χ3v) is 2.30. The molecule has 0 amide bonds. The zero-order chi connectivity index (χ0) is 13.5. The molecule has 0 saturated carbocycles. The Labute approximate surface area is 107 Å². The van der Waals surface area contributed by atoms with E-state index >= 15 is 0 Å². The summed E-state index contributed by atoms with van der Waals surface area (Å²) < 4.78 is 4.62. The van der Waals surface area contributed by atoms with E-state index in [4.69, 9.17) is 0 Å². The molecule has 0 radical (unpaired) electrons. The minimum absolute atomic E-state index is 0.0614. The van der Waals surface area contributed by atoms with Crippen molar-refractivity contribution in [2.75, 3.05) is 21.2 Å². The Hall–Kier alpha value is -2.10. The summed E-state index contributed by atoms with van der Waals surface area (Å²) in [6.45, 7) is 0. The molecule has 0 heterocycles. The van der Waals surface area contributed by atoms with Gasteiger partial charge in [0.25, 0.3) is 0 Å². The van der Waals surface area contributed by atoms with E-state index in [9.17, 15) is 9.59 Å². The molecule has 0 aromatic heterocycles. The maximum Gasteiger partial charge on any atom is 0.342 e. The smallest absolute Gasteiger partial charge is 0.342 e. The van der Waals surface area contributed by atoms with Crippen LogP contribution in [0.15, 0.2) is 42.1 Å². The van der Waals surface area contributed by atoms with Crippen molar-refractivity contribution >= 4 is 11.8 Å². The standard InChI is InChI=1S/C14H17NO3/c1-15(2)10-12(14(17)18-3)13(16)9-11-7-5-4-6-8-11/h4-8,10H,9H2,1-3H3/b12-10+. The predicted molar refractivity (Wildman–Crippen MR) is 68.9 cm³/mol. The Kier molecular flexibility index (Phi) is 5.11. The number of hydrogen-bond donors (Lipinski definition) is 0. The summed E-state index contributed by atoms with van der Waals surface area (Å²) >= 11 is 0. The van der Waals surface area contributed by atoms with E-state index in [-0.39, 0.29) is 17.8 Å². The van der Waals surface area contributed by atoms with E-state index < -0.39 is 5.97 Å². The number of nitrogens with zero attached hydrogens (tertiary/aromatic N) is 1. The molecule has 4 heteroatoms. The molecule has 1 aromatic carbocycles. The van der Waals surface area contributed by atoms with Gasteiger partial charge in [0.1, 0.15) is 5.57 Å². The Morgan fingerprint density at radius 2 is 1.83 bits per heavy atom. The Bertz CT molecular complexity index is 449. The van der Waals surface area contributed by atoms with E-state index in [1.807, 2.05) is 30.3 Å². The number of benzene rings is 1. The molecule has 0 fully saturated rings. The summed E-state index contributed by atoms with van der Waals surface area (Å²) in [4.78, 5) is 25.2. The molecule has 0 saturated heterocycles. The topological polar surface area (TPSA) is 46.6 Å². The largest absolute Gasteiger partial charge is 0.465 e. The average Bonchev–Trinajstić information content (AvgIpc) is 2.36. The quantitative estimate of drug-likeness (QED) is 0.342. The molecule has 0 aliphatic carbocycles. The molecule has 0 unspecified atom stereocenters. The molecule has 1 aromatic rings. The van der Waals surface area contributed by atoms with E-state index in [1.54, 1.807) is 19.0 Å². The molecule has 0 N–H and O–H groups in total. The number of methoxy groups -OCH3 is 1. The van der Waals surface area contributed by atoms with Crippen LogP contribution in [-0.2, 0) is 20.7 Å². The first kappa shape index (κ1) is 14.0. The summed E-state index contributed by atoms with van der Waals surface area (Å²) in [6.07, 6.45) is 1.67. The lowest BCUT2D eigenvalue weighted by molar-refractivity contribution is -0.137. The van der Waals surface area contributed by atoms with E-state index in [1.165, 1.54) is 13.3 Å². The lowest BCUT2D eigenvalue weighted by Crippen LogP contribution is -2.19. The molecule has 0 spiro atoms. The number of Topliss-reactive ketones (excluding diaryl/α,β-unsaturated/α-hetero) is 1. The first-order valence-electron chi connectivity index (χ1n) is 5.58. The van der Waals surface area contributed by atoms with Crippen molar-refractivity contribution in [2.45, 2.75) is 6.42 Å². The Balaban J connectivity index is 2.87. The molecule has 4 nitrogen and oxygen atoms in total. The van der Waals surface area contributed by atoms with Crippen LogP contribution in [0.5, 0.6) is 0 Å². The zero-order valence-electron chi connectivity index (χ0n) is 10.8. The van der Waals surface area contributed by atoms with Crippen LogP contribution in [0.1, 0.15) is 5.56 Å². The fourth-order valence-corrected chi connectivity index (χ4v) is 1.48. The fourth-order valence-electron chi connectivity index (χ4n) is 1.48. The van der Waals surface area contributed by atoms with Gasteiger partial charge in [-0.1, -0.05) is 30.3 Å². The van der Waals surface area contributed by atoms with Crippen LogP contribution < -0.4 is 0 Å². The average molecular weight is 247 g/mol. The summed E-state index contributed by atoms with van der Waals surface area (Å²) in [6, 6.07) is 9.29. The molecular formula is C14H17NO3. The fraction of sp³-hybridized carbons (Fsp3) is 0.286. The highest BCUT2D eigenvalue weighted by molar-refractivity contribution is 6.17. The first-order chi connectivity index (χ1) is 8.54. The van der Waals surface area contributed by atoms with Crippen LogP contribution in [0.3, 0.4) is 0 Å². The summed E-state index contributed by atoms with van der Waals surface area (Å²) in [5, 5.41) is 0. The van der Waals surface area contributed by atoms with Crippen molar-refractivity contribution < 1.29 is 14.3 Å². The minimum Gasteiger partial charge on any atom is -0.465 e. The van der Waals surface area contributed by atoms with E-state index in [2.05, 4.69) is 4.74 Å². The van der Waals surface area contributed by atoms with Crippen molar-refractivity contribution in [3.63, 3.8) is 0 Å². The first-order valence-corrected chi connectivity index (χ1v) is 5.58.